The highest BCUT2D eigenvalue weighted by molar-refractivity contribution is 5.21. The van der Waals surface area contributed by atoms with Gasteiger partial charge in [-0.25, -0.2) is 0 Å². The zero-order valence-corrected chi connectivity index (χ0v) is 9.00. The van der Waals surface area contributed by atoms with E-state index in [-0.39, 0.29) is 18.0 Å². The summed E-state index contributed by atoms with van der Waals surface area (Å²) >= 11 is 0. The van der Waals surface area contributed by atoms with Crippen LogP contribution in [0.4, 0.5) is 5.95 Å². The number of hydrogen-bond acceptors (Lipinski definition) is 6. The maximum absolute atomic E-state index is 8.27. The first-order valence-corrected chi connectivity index (χ1v) is 4.28. The molecule has 8 nitrogen and oxygen atoms in total. The Kier molecular flexibility index (Phi) is 4.64. The molecule has 0 N–H and O–H groups in total. The summed E-state index contributed by atoms with van der Waals surface area (Å²) < 4.78 is 9.66. The zero-order valence-electron chi connectivity index (χ0n) is 9.00. The van der Waals surface area contributed by atoms with Crippen LogP contribution in [0.2, 0.25) is 0 Å². The minimum Gasteiger partial charge on any atom is -0.370 e. The van der Waals surface area contributed by atoms with Gasteiger partial charge in [-0.05, 0) is 10.6 Å². The smallest absolute Gasteiger partial charge is 0.337 e. The molecule has 8 heteroatoms. The van der Waals surface area contributed by atoms with E-state index >= 15 is 0 Å². The van der Waals surface area contributed by atoms with Crippen LogP contribution in [0.5, 0.6) is 12.0 Å². The molecule has 0 aliphatic carbocycles. The molecule has 84 valence electrons. The number of rotatable bonds is 3. The minimum absolute atomic E-state index is 0.135. The van der Waals surface area contributed by atoms with Crippen LogP contribution in [0.3, 0.4) is 0 Å². The molecule has 0 amide bonds. The van der Waals surface area contributed by atoms with Crippen molar-refractivity contribution in [3.63, 3.8) is 0 Å². The lowest BCUT2D eigenvalue weighted by Gasteiger charge is -1.98. The van der Waals surface area contributed by atoms with E-state index in [1.807, 2.05) is 0 Å². The second-order valence-corrected chi connectivity index (χ2v) is 2.30. The molecule has 0 spiro atoms. The Labute approximate surface area is 96.6 Å². The Morgan fingerprint density at radius 1 is 1.06 bits per heavy atom. The standard InChI is InChI=1S/C9H6N6O2/c1-3-5-16-8-11-7(14-15-10)12-9(13-8)17-6-4-2/h1-2H3. The Morgan fingerprint density at radius 2 is 1.59 bits per heavy atom. The molecular formula is C9H6N6O2. The van der Waals surface area contributed by atoms with Crippen LogP contribution < -0.4 is 9.47 Å². The van der Waals surface area contributed by atoms with E-state index in [0.29, 0.717) is 0 Å². The Hall–Kier alpha value is -2.96. The number of nitrogens with zero attached hydrogens (tertiary/aromatic N) is 6. The van der Waals surface area contributed by atoms with E-state index in [1.165, 1.54) is 0 Å². The molecule has 0 bridgehead atoms. The molecule has 0 aliphatic heterocycles. The van der Waals surface area contributed by atoms with Gasteiger partial charge in [0.1, 0.15) is 12.2 Å². The first-order chi connectivity index (χ1) is 8.30. The van der Waals surface area contributed by atoms with Gasteiger partial charge in [-0.15, -0.1) is 4.98 Å². The summed E-state index contributed by atoms with van der Waals surface area (Å²) in [6.07, 6.45) is 4.58. The van der Waals surface area contributed by atoms with Crippen molar-refractivity contribution < 1.29 is 9.47 Å². The molecule has 0 aromatic carbocycles. The summed E-state index contributed by atoms with van der Waals surface area (Å²) in [6, 6.07) is -0.269. The van der Waals surface area contributed by atoms with Crippen molar-refractivity contribution >= 4 is 5.95 Å². The summed E-state index contributed by atoms with van der Waals surface area (Å²) in [5.74, 6) is 4.78. The highest BCUT2D eigenvalue weighted by Gasteiger charge is 2.06. The van der Waals surface area contributed by atoms with Crippen LogP contribution in [-0.2, 0) is 0 Å². The molecule has 0 aliphatic rings. The summed E-state index contributed by atoms with van der Waals surface area (Å²) in [5, 5.41) is 3.21. The quantitative estimate of drug-likeness (QED) is 0.338. The number of azide groups is 1. The van der Waals surface area contributed by atoms with E-state index in [0.717, 1.165) is 0 Å². The average Bonchev–Trinajstić information content (AvgIpc) is 2.34. The number of aromatic nitrogens is 3. The number of ether oxygens (including phenoxy) is 2. The normalized spacial score (nSPS) is 7.65. The van der Waals surface area contributed by atoms with Crippen molar-refractivity contribution in [2.24, 2.45) is 5.11 Å². The monoisotopic (exact) mass is 230 g/mol. The van der Waals surface area contributed by atoms with Crippen LogP contribution >= 0.6 is 0 Å². The minimum atomic E-state index is -0.191. The van der Waals surface area contributed by atoms with Crippen molar-refractivity contribution in [1.29, 1.82) is 0 Å². The van der Waals surface area contributed by atoms with Gasteiger partial charge in [-0.2, -0.15) is 9.97 Å². The Balaban J connectivity index is 3.09. The highest BCUT2D eigenvalue weighted by atomic mass is 16.5. The largest absolute Gasteiger partial charge is 0.370 e. The van der Waals surface area contributed by atoms with E-state index in [4.69, 9.17) is 15.0 Å². The topological polar surface area (TPSA) is 106 Å². The van der Waals surface area contributed by atoms with Crippen molar-refractivity contribution in [1.82, 2.24) is 15.0 Å². The third-order valence-corrected chi connectivity index (χ3v) is 1.21. The Morgan fingerprint density at radius 3 is 2.00 bits per heavy atom. The van der Waals surface area contributed by atoms with Crippen molar-refractivity contribution in [3.8, 4) is 36.1 Å². The van der Waals surface area contributed by atoms with Gasteiger partial charge < -0.3 is 9.47 Å². The van der Waals surface area contributed by atoms with Gasteiger partial charge in [0.25, 0.3) is 0 Å². The van der Waals surface area contributed by atoms with Crippen LogP contribution in [0.25, 0.3) is 10.4 Å². The highest BCUT2D eigenvalue weighted by Crippen LogP contribution is 2.14. The summed E-state index contributed by atoms with van der Waals surface area (Å²) in [5.41, 5.74) is 8.27. The third-order valence-electron chi connectivity index (χ3n) is 1.21. The Bertz CT molecular complexity index is 530. The van der Waals surface area contributed by atoms with Gasteiger partial charge in [0, 0.05) is 18.8 Å². The predicted octanol–water partition coefficient (Wildman–Crippen LogP) is 1.53. The van der Waals surface area contributed by atoms with Crippen LogP contribution in [0.15, 0.2) is 5.11 Å². The lowest BCUT2D eigenvalue weighted by atomic mass is 10.8. The fraction of sp³-hybridized carbons (Fsp3) is 0.222. The van der Waals surface area contributed by atoms with Crippen molar-refractivity contribution in [2.45, 2.75) is 13.8 Å². The molecule has 0 fully saturated rings. The van der Waals surface area contributed by atoms with E-state index in [9.17, 15) is 0 Å². The van der Waals surface area contributed by atoms with Crippen molar-refractivity contribution in [2.75, 3.05) is 0 Å². The molecule has 1 heterocycles. The van der Waals surface area contributed by atoms with Crippen LogP contribution in [0, 0.1) is 24.1 Å². The number of hydrogen-bond donors (Lipinski definition) is 0. The zero-order chi connectivity index (χ0) is 12.5. The molecule has 1 aromatic heterocycles. The summed E-state index contributed by atoms with van der Waals surface area (Å²) in [4.78, 5) is 13.6. The predicted molar refractivity (Wildman–Crippen MR) is 56.8 cm³/mol. The molecule has 0 unspecified atom stereocenters. The van der Waals surface area contributed by atoms with Gasteiger partial charge in [-0.1, -0.05) is 11.8 Å². The molecule has 0 atom stereocenters. The molecule has 0 radical (unpaired) electrons. The van der Waals surface area contributed by atoms with Crippen LogP contribution in [0.1, 0.15) is 13.8 Å². The van der Waals surface area contributed by atoms with E-state index in [2.05, 4.69) is 49.0 Å². The van der Waals surface area contributed by atoms with Gasteiger partial charge in [0.15, 0.2) is 0 Å². The lowest BCUT2D eigenvalue weighted by Crippen LogP contribution is -1.97. The second kappa shape index (κ2) is 6.51. The lowest BCUT2D eigenvalue weighted by molar-refractivity contribution is 0.426. The SMILES string of the molecule is CC#COc1nc(N=[N+]=[N-])nc(OC#CC)n1. The molecule has 1 aromatic rings. The average molecular weight is 230 g/mol. The van der Waals surface area contributed by atoms with Gasteiger partial charge in [0.2, 0.25) is 5.95 Å². The molecule has 0 saturated heterocycles. The van der Waals surface area contributed by atoms with E-state index < -0.39 is 0 Å². The fourth-order valence-corrected chi connectivity index (χ4v) is 0.697. The van der Waals surface area contributed by atoms with Gasteiger partial charge in [0.05, 0.1) is 0 Å². The summed E-state index contributed by atoms with van der Waals surface area (Å²) in [6.45, 7) is 3.16. The van der Waals surface area contributed by atoms with Crippen molar-refractivity contribution in [3.05, 3.63) is 10.4 Å². The fourth-order valence-electron chi connectivity index (χ4n) is 0.697. The summed E-state index contributed by atoms with van der Waals surface area (Å²) in [7, 11) is 0. The molecular weight excluding hydrogens is 224 g/mol. The first-order valence-electron chi connectivity index (χ1n) is 4.28. The third kappa shape index (κ3) is 3.96. The van der Waals surface area contributed by atoms with Crippen LogP contribution in [-0.4, -0.2) is 15.0 Å². The molecule has 1 rings (SSSR count). The molecule has 17 heavy (non-hydrogen) atoms. The molecule has 0 saturated carbocycles. The second-order valence-electron chi connectivity index (χ2n) is 2.30. The maximum Gasteiger partial charge on any atom is 0.337 e. The van der Waals surface area contributed by atoms with Gasteiger partial charge in [-0.3, -0.25) is 0 Å². The first kappa shape index (κ1) is 12.1. The van der Waals surface area contributed by atoms with E-state index in [1.54, 1.807) is 13.8 Å². The van der Waals surface area contributed by atoms with Gasteiger partial charge >= 0.3 is 12.0 Å². The maximum atomic E-state index is 8.27.